The zero-order valence-electron chi connectivity index (χ0n) is 12.4. The molecule has 0 saturated heterocycles. The minimum atomic E-state index is -0.846. The minimum Gasteiger partial charge on any atom is -0.491 e. The van der Waals surface area contributed by atoms with Crippen molar-refractivity contribution in [2.75, 3.05) is 6.61 Å². The Morgan fingerprint density at radius 3 is 2.57 bits per heavy atom. The lowest BCUT2D eigenvalue weighted by molar-refractivity contribution is 0.0875. The van der Waals surface area contributed by atoms with E-state index in [9.17, 15) is 9.90 Å². The second kappa shape index (κ2) is 6.13. The zero-order valence-corrected chi connectivity index (χ0v) is 12.4. The highest BCUT2D eigenvalue weighted by Crippen LogP contribution is 2.18. The Hall–Kier alpha value is -2.08. The van der Waals surface area contributed by atoms with E-state index in [2.05, 4.69) is 5.10 Å². The van der Waals surface area contributed by atoms with Gasteiger partial charge >= 0.3 is 5.76 Å². The van der Waals surface area contributed by atoms with Crippen molar-refractivity contribution in [2.45, 2.75) is 38.8 Å². The number of ether oxygens (including phenoxy) is 1. The molecule has 0 saturated carbocycles. The molecule has 1 aromatic heterocycles. The van der Waals surface area contributed by atoms with Gasteiger partial charge in [0.25, 0.3) is 0 Å². The normalized spacial score (nSPS) is 13.1. The van der Waals surface area contributed by atoms with Crippen LogP contribution < -0.4 is 10.5 Å². The van der Waals surface area contributed by atoms with E-state index in [4.69, 9.17) is 9.15 Å². The summed E-state index contributed by atoms with van der Waals surface area (Å²) in [6, 6.07) is 9.17. The molecule has 6 nitrogen and oxygen atoms in total. The summed E-state index contributed by atoms with van der Waals surface area (Å²) in [5.74, 6) is 0.446. The second-order valence-electron chi connectivity index (χ2n) is 5.88. The van der Waals surface area contributed by atoms with Crippen LogP contribution in [0.3, 0.4) is 0 Å². The molecule has 0 radical (unpaired) electrons. The van der Waals surface area contributed by atoms with Gasteiger partial charge in [-0.2, -0.15) is 4.68 Å². The third-order valence-corrected chi connectivity index (χ3v) is 2.82. The molecule has 0 spiro atoms. The number of nitrogens with zero attached hydrogens (tertiary/aromatic N) is 2. The number of hydrogen-bond acceptors (Lipinski definition) is 5. The first kappa shape index (κ1) is 15.3. The van der Waals surface area contributed by atoms with Gasteiger partial charge in [-0.3, -0.25) is 0 Å². The van der Waals surface area contributed by atoms with Crippen LogP contribution in [-0.4, -0.2) is 27.6 Å². The molecule has 1 unspecified atom stereocenters. The van der Waals surface area contributed by atoms with Gasteiger partial charge in [0, 0.05) is 5.41 Å². The maximum absolute atomic E-state index is 11.7. The Labute approximate surface area is 123 Å². The van der Waals surface area contributed by atoms with Gasteiger partial charge in [0.2, 0.25) is 5.89 Å². The van der Waals surface area contributed by atoms with E-state index < -0.39 is 11.9 Å². The highest BCUT2D eigenvalue weighted by atomic mass is 16.5. The van der Waals surface area contributed by atoms with Gasteiger partial charge in [-0.15, -0.1) is 5.10 Å². The van der Waals surface area contributed by atoms with Gasteiger partial charge in [-0.1, -0.05) is 39.0 Å². The maximum Gasteiger partial charge on any atom is 0.437 e. The predicted molar refractivity (Wildman–Crippen MR) is 77.4 cm³/mol. The lowest BCUT2D eigenvalue weighted by Gasteiger charge is -2.12. The number of aliphatic hydroxyl groups excluding tert-OH is 1. The van der Waals surface area contributed by atoms with Crippen LogP contribution in [0.15, 0.2) is 39.5 Å². The van der Waals surface area contributed by atoms with Crippen molar-refractivity contribution in [1.29, 1.82) is 0 Å². The zero-order chi connectivity index (χ0) is 15.5. The monoisotopic (exact) mass is 292 g/mol. The highest BCUT2D eigenvalue weighted by Gasteiger charge is 2.23. The van der Waals surface area contributed by atoms with Crippen molar-refractivity contribution in [3.05, 3.63) is 46.8 Å². The van der Waals surface area contributed by atoms with Crippen LogP contribution >= 0.6 is 0 Å². The fourth-order valence-corrected chi connectivity index (χ4v) is 1.69. The number of para-hydroxylation sites is 1. The molecule has 2 aromatic rings. The van der Waals surface area contributed by atoms with Crippen molar-refractivity contribution in [1.82, 2.24) is 9.78 Å². The van der Waals surface area contributed by atoms with Crippen molar-refractivity contribution >= 4 is 0 Å². The van der Waals surface area contributed by atoms with Gasteiger partial charge in [0.05, 0.1) is 6.54 Å². The van der Waals surface area contributed by atoms with E-state index in [0.717, 1.165) is 4.68 Å². The highest BCUT2D eigenvalue weighted by molar-refractivity contribution is 5.20. The summed E-state index contributed by atoms with van der Waals surface area (Å²) in [6.07, 6.45) is -0.846. The van der Waals surface area contributed by atoms with Gasteiger partial charge in [0.15, 0.2) is 0 Å². The molecule has 114 valence electrons. The van der Waals surface area contributed by atoms with E-state index in [0.29, 0.717) is 11.6 Å². The van der Waals surface area contributed by atoms with Gasteiger partial charge in [-0.25, -0.2) is 4.79 Å². The molecule has 0 aliphatic heterocycles. The predicted octanol–water partition coefficient (Wildman–Crippen LogP) is 1.57. The van der Waals surface area contributed by atoms with Gasteiger partial charge < -0.3 is 14.3 Å². The molecule has 1 heterocycles. The van der Waals surface area contributed by atoms with E-state index in [1.165, 1.54) is 0 Å². The first-order valence-corrected chi connectivity index (χ1v) is 6.80. The topological polar surface area (TPSA) is 77.5 Å². The number of aromatic nitrogens is 2. The number of benzene rings is 1. The van der Waals surface area contributed by atoms with Crippen LogP contribution in [0.2, 0.25) is 0 Å². The third kappa shape index (κ3) is 4.19. The van der Waals surface area contributed by atoms with Crippen molar-refractivity contribution in [3.8, 4) is 5.75 Å². The van der Waals surface area contributed by atoms with Crippen LogP contribution in [0, 0.1) is 0 Å². The maximum atomic E-state index is 11.7. The smallest absolute Gasteiger partial charge is 0.437 e. The Kier molecular flexibility index (Phi) is 4.47. The number of aliphatic hydroxyl groups is 1. The molecule has 0 fully saturated rings. The van der Waals surface area contributed by atoms with Crippen LogP contribution in [-0.2, 0) is 12.0 Å². The summed E-state index contributed by atoms with van der Waals surface area (Å²) in [5.41, 5.74) is -0.351. The molecular weight excluding hydrogens is 272 g/mol. The molecule has 0 aliphatic rings. The lowest BCUT2D eigenvalue weighted by atomic mass is 9.97. The van der Waals surface area contributed by atoms with Crippen LogP contribution in [0.5, 0.6) is 5.75 Å². The molecule has 0 bridgehead atoms. The fraction of sp³-hybridized carbons (Fsp3) is 0.467. The molecule has 2 rings (SSSR count). The van der Waals surface area contributed by atoms with Gasteiger partial charge in [-0.05, 0) is 12.1 Å². The summed E-state index contributed by atoms with van der Waals surface area (Å²) >= 11 is 0. The molecular formula is C15H20N2O4. The molecule has 0 amide bonds. The standard InChI is InChI=1S/C15H20N2O4/c1-15(2,3)13-16-17(14(19)21-13)9-11(18)10-20-12-7-5-4-6-8-12/h4-8,11,18H,9-10H2,1-3H3. The summed E-state index contributed by atoms with van der Waals surface area (Å²) in [6.45, 7) is 5.81. The van der Waals surface area contributed by atoms with E-state index in [-0.39, 0.29) is 18.6 Å². The number of hydrogen-bond donors (Lipinski definition) is 1. The minimum absolute atomic E-state index is 0.0330. The average molecular weight is 292 g/mol. The summed E-state index contributed by atoms with van der Waals surface area (Å²) in [5, 5.41) is 14.0. The first-order chi connectivity index (χ1) is 9.86. The van der Waals surface area contributed by atoms with Crippen LogP contribution in [0.4, 0.5) is 0 Å². The molecule has 0 aliphatic carbocycles. The average Bonchev–Trinajstić information content (AvgIpc) is 2.79. The summed E-state index contributed by atoms with van der Waals surface area (Å²) in [4.78, 5) is 11.7. The fourth-order valence-electron chi connectivity index (χ4n) is 1.69. The molecule has 1 atom stereocenters. The molecule has 1 aromatic carbocycles. The van der Waals surface area contributed by atoms with Crippen LogP contribution in [0.1, 0.15) is 26.7 Å². The quantitative estimate of drug-likeness (QED) is 0.905. The molecule has 21 heavy (non-hydrogen) atoms. The lowest BCUT2D eigenvalue weighted by Crippen LogP contribution is -2.29. The van der Waals surface area contributed by atoms with E-state index in [1.807, 2.05) is 39.0 Å². The van der Waals surface area contributed by atoms with Crippen LogP contribution in [0.25, 0.3) is 0 Å². The van der Waals surface area contributed by atoms with E-state index in [1.54, 1.807) is 12.1 Å². The second-order valence-corrected chi connectivity index (χ2v) is 5.88. The Morgan fingerprint density at radius 2 is 2.00 bits per heavy atom. The third-order valence-electron chi connectivity index (χ3n) is 2.82. The van der Waals surface area contributed by atoms with Crippen molar-refractivity contribution in [3.63, 3.8) is 0 Å². The molecule has 6 heteroatoms. The summed E-state index contributed by atoms with van der Waals surface area (Å²) in [7, 11) is 0. The number of rotatable bonds is 5. The SMILES string of the molecule is CC(C)(C)c1nn(CC(O)COc2ccccc2)c(=O)o1. The van der Waals surface area contributed by atoms with Crippen molar-refractivity contribution < 1.29 is 14.3 Å². The largest absolute Gasteiger partial charge is 0.491 e. The molecule has 1 N–H and O–H groups in total. The van der Waals surface area contributed by atoms with Crippen molar-refractivity contribution in [2.24, 2.45) is 0 Å². The Balaban J connectivity index is 1.95. The summed E-state index contributed by atoms with van der Waals surface area (Å²) < 4.78 is 11.6. The van der Waals surface area contributed by atoms with E-state index >= 15 is 0 Å². The Bertz CT molecular complexity index is 625. The Morgan fingerprint density at radius 1 is 1.33 bits per heavy atom. The first-order valence-electron chi connectivity index (χ1n) is 6.80. The van der Waals surface area contributed by atoms with Gasteiger partial charge in [0.1, 0.15) is 18.5 Å².